The average molecular weight is 250 g/mol. The fourth-order valence-electron chi connectivity index (χ4n) is 2.15. The fraction of sp³-hybridized carbons (Fsp3) is 0.600. The van der Waals surface area contributed by atoms with E-state index < -0.39 is 0 Å². The summed E-state index contributed by atoms with van der Waals surface area (Å²) in [6, 6.07) is 8.76. The number of anilines is 1. The molecular formula is C15H26N2O. The Balaban J connectivity index is 2.42. The second kappa shape index (κ2) is 7.98. The molecule has 0 heterocycles. The lowest BCUT2D eigenvalue weighted by Crippen LogP contribution is -2.27. The van der Waals surface area contributed by atoms with Gasteiger partial charge in [0.15, 0.2) is 0 Å². The van der Waals surface area contributed by atoms with Crippen molar-refractivity contribution in [3.63, 3.8) is 0 Å². The number of hydrogen-bond donors (Lipinski definition) is 1. The Hall–Kier alpha value is -1.22. The van der Waals surface area contributed by atoms with E-state index in [0.29, 0.717) is 6.04 Å². The first kappa shape index (κ1) is 14.8. The maximum Gasteiger partial charge on any atom is 0.142 e. The molecule has 0 amide bonds. The maximum atomic E-state index is 5.38. The summed E-state index contributed by atoms with van der Waals surface area (Å²) in [5.74, 6) is 0.944. The molecule has 3 nitrogen and oxygen atoms in total. The van der Waals surface area contributed by atoms with Gasteiger partial charge in [0.2, 0.25) is 0 Å². The number of ether oxygens (including phenoxy) is 1. The van der Waals surface area contributed by atoms with E-state index >= 15 is 0 Å². The Morgan fingerprint density at radius 3 is 2.72 bits per heavy atom. The molecule has 0 aliphatic rings. The third kappa shape index (κ3) is 4.57. The maximum absolute atomic E-state index is 5.38. The van der Waals surface area contributed by atoms with Gasteiger partial charge in [-0.1, -0.05) is 19.1 Å². The molecule has 1 rings (SSSR count). The molecule has 1 unspecified atom stereocenters. The summed E-state index contributed by atoms with van der Waals surface area (Å²) in [4.78, 5) is 2.26. The number of methoxy groups -OCH3 is 1. The predicted molar refractivity (Wildman–Crippen MR) is 78.6 cm³/mol. The third-order valence-electron chi connectivity index (χ3n) is 3.18. The van der Waals surface area contributed by atoms with E-state index in [-0.39, 0.29) is 0 Å². The molecule has 102 valence electrons. The van der Waals surface area contributed by atoms with Gasteiger partial charge in [-0.25, -0.2) is 0 Å². The molecule has 0 fully saturated rings. The van der Waals surface area contributed by atoms with Crippen LogP contribution in [0.1, 0.15) is 26.7 Å². The average Bonchev–Trinajstić information content (AvgIpc) is 2.38. The molecule has 1 aromatic rings. The Morgan fingerprint density at radius 1 is 1.33 bits per heavy atom. The van der Waals surface area contributed by atoms with Gasteiger partial charge in [0.05, 0.1) is 12.8 Å². The number of benzene rings is 1. The van der Waals surface area contributed by atoms with Gasteiger partial charge >= 0.3 is 0 Å². The van der Waals surface area contributed by atoms with Gasteiger partial charge in [-0.15, -0.1) is 0 Å². The molecule has 3 heteroatoms. The van der Waals surface area contributed by atoms with Crippen molar-refractivity contribution in [2.45, 2.75) is 32.7 Å². The molecule has 0 aliphatic carbocycles. The van der Waals surface area contributed by atoms with Crippen LogP contribution in [0.15, 0.2) is 24.3 Å². The molecule has 0 bridgehead atoms. The first-order valence-electron chi connectivity index (χ1n) is 6.76. The number of hydrogen-bond acceptors (Lipinski definition) is 3. The predicted octanol–water partition coefficient (Wildman–Crippen LogP) is 2.91. The van der Waals surface area contributed by atoms with E-state index in [0.717, 1.165) is 24.5 Å². The first-order chi connectivity index (χ1) is 8.69. The minimum absolute atomic E-state index is 0.598. The Bertz CT molecular complexity index is 341. The van der Waals surface area contributed by atoms with Crippen molar-refractivity contribution in [3.05, 3.63) is 24.3 Å². The van der Waals surface area contributed by atoms with Gasteiger partial charge in [-0.05, 0) is 38.4 Å². The molecule has 1 N–H and O–H groups in total. The van der Waals surface area contributed by atoms with Gasteiger partial charge in [-0.3, -0.25) is 0 Å². The van der Waals surface area contributed by atoms with Crippen molar-refractivity contribution in [2.75, 3.05) is 32.1 Å². The highest BCUT2D eigenvalue weighted by Gasteiger charge is 2.07. The van der Waals surface area contributed by atoms with Crippen LogP contribution in [0.3, 0.4) is 0 Å². The molecular weight excluding hydrogens is 224 g/mol. The SMILES string of the molecule is CCNC(C)CCCN(C)c1ccccc1OC. The van der Waals surface area contributed by atoms with E-state index in [1.807, 2.05) is 12.1 Å². The lowest BCUT2D eigenvalue weighted by Gasteiger charge is -2.22. The second-order valence-corrected chi connectivity index (χ2v) is 4.69. The normalized spacial score (nSPS) is 12.2. The summed E-state index contributed by atoms with van der Waals surface area (Å²) in [5.41, 5.74) is 1.16. The minimum Gasteiger partial charge on any atom is -0.495 e. The highest BCUT2D eigenvalue weighted by molar-refractivity contribution is 5.57. The lowest BCUT2D eigenvalue weighted by molar-refractivity contribution is 0.414. The quantitative estimate of drug-likeness (QED) is 0.768. The zero-order chi connectivity index (χ0) is 13.4. The van der Waals surface area contributed by atoms with Gasteiger partial charge in [0.25, 0.3) is 0 Å². The highest BCUT2D eigenvalue weighted by Crippen LogP contribution is 2.26. The summed E-state index contributed by atoms with van der Waals surface area (Å²) in [6.45, 7) is 6.49. The molecule has 0 spiro atoms. The largest absolute Gasteiger partial charge is 0.495 e. The molecule has 18 heavy (non-hydrogen) atoms. The lowest BCUT2D eigenvalue weighted by atomic mass is 10.1. The molecule has 1 atom stereocenters. The summed E-state index contributed by atoms with van der Waals surface area (Å²) in [6.07, 6.45) is 2.38. The topological polar surface area (TPSA) is 24.5 Å². The molecule has 0 aliphatic heterocycles. The number of nitrogens with zero attached hydrogens (tertiary/aromatic N) is 1. The van der Waals surface area contributed by atoms with Gasteiger partial charge in [0.1, 0.15) is 5.75 Å². The van der Waals surface area contributed by atoms with E-state index in [4.69, 9.17) is 4.74 Å². The third-order valence-corrected chi connectivity index (χ3v) is 3.18. The Morgan fingerprint density at radius 2 is 2.06 bits per heavy atom. The van der Waals surface area contributed by atoms with Crippen molar-refractivity contribution in [1.82, 2.24) is 5.32 Å². The van der Waals surface area contributed by atoms with Crippen LogP contribution in [-0.2, 0) is 0 Å². The number of rotatable bonds is 8. The van der Waals surface area contributed by atoms with Gasteiger partial charge in [-0.2, -0.15) is 0 Å². The van der Waals surface area contributed by atoms with Crippen LogP contribution in [0.25, 0.3) is 0 Å². The number of para-hydroxylation sites is 2. The standard InChI is InChI=1S/C15H26N2O/c1-5-16-13(2)9-8-12-17(3)14-10-6-7-11-15(14)18-4/h6-7,10-11,13,16H,5,8-9,12H2,1-4H3. The van der Waals surface area contributed by atoms with Crippen LogP contribution >= 0.6 is 0 Å². The number of nitrogens with one attached hydrogen (secondary N) is 1. The summed E-state index contributed by atoms with van der Waals surface area (Å²) >= 11 is 0. The Kier molecular flexibility index (Phi) is 6.58. The van der Waals surface area contributed by atoms with Crippen LogP contribution in [0, 0.1) is 0 Å². The van der Waals surface area contributed by atoms with Crippen LogP contribution in [0.5, 0.6) is 5.75 Å². The molecule has 0 radical (unpaired) electrons. The summed E-state index contributed by atoms with van der Waals surface area (Å²) in [7, 11) is 3.84. The van der Waals surface area contributed by atoms with Crippen molar-refractivity contribution in [3.8, 4) is 5.75 Å². The van der Waals surface area contributed by atoms with Crippen molar-refractivity contribution >= 4 is 5.69 Å². The highest BCUT2D eigenvalue weighted by atomic mass is 16.5. The van der Waals surface area contributed by atoms with E-state index in [2.05, 4.69) is 43.2 Å². The smallest absolute Gasteiger partial charge is 0.142 e. The van der Waals surface area contributed by atoms with E-state index in [1.54, 1.807) is 7.11 Å². The van der Waals surface area contributed by atoms with Crippen LogP contribution in [0.2, 0.25) is 0 Å². The molecule has 0 saturated carbocycles. The van der Waals surface area contributed by atoms with Crippen molar-refractivity contribution in [1.29, 1.82) is 0 Å². The van der Waals surface area contributed by atoms with Crippen molar-refractivity contribution in [2.24, 2.45) is 0 Å². The molecule has 0 saturated heterocycles. The second-order valence-electron chi connectivity index (χ2n) is 4.69. The van der Waals surface area contributed by atoms with Crippen LogP contribution < -0.4 is 15.0 Å². The minimum atomic E-state index is 0.598. The van der Waals surface area contributed by atoms with E-state index in [1.165, 1.54) is 12.8 Å². The van der Waals surface area contributed by atoms with Crippen LogP contribution in [0.4, 0.5) is 5.69 Å². The van der Waals surface area contributed by atoms with E-state index in [9.17, 15) is 0 Å². The summed E-state index contributed by atoms with van der Waals surface area (Å²) < 4.78 is 5.38. The van der Waals surface area contributed by atoms with Gasteiger partial charge in [0, 0.05) is 19.6 Å². The molecule has 0 aromatic heterocycles. The van der Waals surface area contributed by atoms with Gasteiger partial charge < -0.3 is 15.0 Å². The monoisotopic (exact) mass is 250 g/mol. The zero-order valence-corrected chi connectivity index (χ0v) is 12.1. The zero-order valence-electron chi connectivity index (χ0n) is 12.1. The fourth-order valence-corrected chi connectivity index (χ4v) is 2.15. The van der Waals surface area contributed by atoms with Crippen molar-refractivity contribution < 1.29 is 4.74 Å². The molecule has 1 aromatic carbocycles. The first-order valence-corrected chi connectivity index (χ1v) is 6.76. The summed E-state index contributed by atoms with van der Waals surface area (Å²) in [5, 5.41) is 3.44. The Labute approximate surface area is 111 Å². The van der Waals surface area contributed by atoms with Crippen LogP contribution in [-0.4, -0.2) is 33.3 Å².